The van der Waals surface area contributed by atoms with Crippen LogP contribution < -0.4 is 10.6 Å². The molecule has 0 aliphatic rings. The Labute approximate surface area is 97.1 Å². The highest BCUT2D eigenvalue weighted by atomic mass is 16.3. The van der Waals surface area contributed by atoms with E-state index in [1.54, 1.807) is 0 Å². The summed E-state index contributed by atoms with van der Waals surface area (Å²) in [5, 5.41) is 15.8. The van der Waals surface area contributed by atoms with Gasteiger partial charge in [0.2, 0.25) is 0 Å². The summed E-state index contributed by atoms with van der Waals surface area (Å²) in [6.07, 6.45) is 1.52. The zero-order valence-electron chi connectivity index (χ0n) is 10.0. The summed E-state index contributed by atoms with van der Waals surface area (Å²) in [7, 11) is 0. The third kappa shape index (κ3) is 4.49. The molecule has 0 saturated heterocycles. The molecule has 0 bridgehead atoms. The van der Waals surface area contributed by atoms with Crippen LogP contribution in [0, 0.1) is 0 Å². The smallest absolute Gasteiger partial charge is 0.128 e. The maximum atomic E-state index is 9.42. The lowest BCUT2D eigenvalue weighted by Crippen LogP contribution is -2.18. The summed E-state index contributed by atoms with van der Waals surface area (Å²) >= 11 is 0. The fraction of sp³-hybridized carbons (Fsp3) is 0.583. The Morgan fingerprint density at radius 3 is 2.56 bits per heavy atom. The Hall–Kier alpha value is -1.29. The quantitative estimate of drug-likeness (QED) is 0.662. The van der Waals surface area contributed by atoms with E-state index in [0.29, 0.717) is 6.54 Å². The minimum Gasteiger partial charge on any atom is -0.391 e. The first-order valence-electron chi connectivity index (χ1n) is 5.89. The van der Waals surface area contributed by atoms with Crippen molar-refractivity contribution in [2.75, 3.05) is 23.7 Å². The predicted octanol–water partition coefficient (Wildman–Crippen LogP) is 2.09. The lowest BCUT2D eigenvalue weighted by atomic mass is 10.3. The average molecular weight is 223 g/mol. The number of rotatable bonds is 7. The van der Waals surface area contributed by atoms with Crippen LogP contribution >= 0.6 is 0 Å². The molecule has 1 heterocycles. The number of aliphatic hydroxyl groups is 1. The Bertz CT molecular complexity index is 304. The zero-order chi connectivity index (χ0) is 11.8. The summed E-state index contributed by atoms with van der Waals surface area (Å²) in [4.78, 5) is 4.38. The summed E-state index contributed by atoms with van der Waals surface area (Å²) in [5.41, 5.74) is 0. The molecule has 0 aromatic carbocycles. The lowest BCUT2D eigenvalue weighted by Gasteiger charge is -2.11. The van der Waals surface area contributed by atoms with Gasteiger partial charge in [0, 0.05) is 13.1 Å². The second-order valence-corrected chi connectivity index (χ2v) is 3.78. The molecule has 1 aromatic heterocycles. The molecule has 0 spiro atoms. The maximum Gasteiger partial charge on any atom is 0.128 e. The number of anilines is 2. The number of hydrogen-bond donors (Lipinski definition) is 3. The minimum absolute atomic E-state index is 0.311. The van der Waals surface area contributed by atoms with Crippen molar-refractivity contribution in [2.24, 2.45) is 0 Å². The van der Waals surface area contributed by atoms with E-state index in [-0.39, 0.29) is 6.10 Å². The number of pyridine rings is 1. The van der Waals surface area contributed by atoms with E-state index >= 15 is 0 Å². The third-order valence-corrected chi connectivity index (χ3v) is 2.30. The molecule has 16 heavy (non-hydrogen) atoms. The van der Waals surface area contributed by atoms with E-state index in [1.807, 2.05) is 25.1 Å². The van der Waals surface area contributed by atoms with Crippen molar-refractivity contribution in [2.45, 2.75) is 32.8 Å². The van der Waals surface area contributed by atoms with E-state index in [4.69, 9.17) is 0 Å². The van der Waals surface area contributed by atoms with Crippen molar-refractivity contribution in [1.82, 2.24) is 4.98 Å². The van der Waals surface area contributed by atoms with Crippen molar-refractivity contribution >= 4 is 11.6 Å². The van der Waals surface area contributed by atoms with Crippen LogP contribution in [0.4, 0.5) is 11.6 Å². The van der Waals surface area contributed by atoms with E-state index in [9.17, 15) is 5.11 Å². The van der Waals surface area contributed by atoms with Gasteiger partial charge in [-0.1, -0.05) is 19.9 Å². The van der Waals surface area contributed by atoms with Crippen molar-refractivity contribution in [1.29, 1.82) is 0 Å². The van der Waals surface area contributed by atoms with Gasteiger partial charge in [-0.25, -0.2) is 4.98 Å². The second kappa shape index (κ2) is 7.06. The zero-order valence-corrected chi connectivity index (χ0v) is 10.0. The highest BCUT2D eigenvalue weighted by Gasteiger charge is 2.01. The monoisotopic (exact) mass is 223 g/mol. The number of hydrogen-bond acceptors (Lipinski definition) is 4. The number of aromatic nitrogens is 1. The molecule has 1 aromatic rings. The molecule has 1 unspecified atom stereocenters. The molecule has 4 nitrogen and oxygen atoms in total. The Morgan fingerprint density at radius 1 is 1.25 bits per heavy atom. The molecule has 0 aliphatic heterocycles. The van der Waals surface area contributed by atoms with Gasteiger partial charge in [-0.15, -0.1) is 0 Å². The van der Waals surface area contributed by atoms with Gasteiger partial charge in [-0.3, -0.25) is 0 Å². The largest absolute Gasteiger partial charge is 0.391 e. The van der Waals surface area contributed by atoms with Crippen LogP contribution in [0.15, 0.2) is 18.2 Å². The van der Waals surface area contributed by atoms with Gasteiger partial charge in [0.1, 0.15) is 11.6 Å². The highest BCUT2D eigenvalue weighted by molar-refractivity contribution is 5.45. The first-order chi connectivity index (χ1) is 7.76. The van der Waals surface area contributed by atoms with E-state index in [2.05, 4.69) is 22.5 Å². The molecule has 0 radical (unpaired) electrons. The van der Waals surface area contributed by atoms with Crippen LogP contribution in [0.1, 0.15) is 26.7 Å². The third-order valence-electron chi connectivity index (χ3n) is 2.30. The molecule has 3 N–H and O–H groups in total. The molecular formula is C12H21N3O. The van der Waals surface area contributed by atoms with Gasteiger partial charge in [0.25, 0.3) is 0 Å². The summed E-state index contributed by atoms with van der Waals surface area (Å²) in [5.74, 6) is 1.67. The van der Waals surface area contributed by atoms with Crippen molar-refractivity contribution in [3.05, 3.63) is 18.2 Å². The topological polar surface area (TPSA) is 57.2 Å². The van der Waals surface area contributed by atoms with Crippen LogP contribution in [-0.2, 0) is 0 Å². The standard InChI is InChI=1S/C12H21N3O/c1-3-8-13-11-6-5-7-12(15-11)14-9-10(16)4-2/h5-7,10,16H,3-4,8-9H2,1-2H3,(H2,13,14,15). The van der Waals surface area contributed by atoms with Crippen molar-refractivity contribution < 1.29 is 5.11 Å². The first-order valence-corrected chi connectivity index (χ1v) is 5.89. The van der Waals surface area contributed by atoms with E-state index < -0.39 is 0 Å². The predicted molar refractivity (Wildman–Crippen MR) is 67.8 cm³/mol. The number of aliphatic hydroxyl groups excluding tert-OH is 1. The Morgan fingerprint density at radius 2 is 1.94 bits per heavy atom. The molecule has 0 aliphatic carbocycles. The molecule has 4 heteroatoms. The molecule has 0 saturated carbocycles. The molecule has 1 atom stereocenters. The molecule has 90 valence electrons. The highest BCUT2D eigenvalue weighted by Crippen LogP contribution is 2.09. The van der Waals surface area contributed by atoms with Crippen LogP contribution in [-0.4, -0.2) is 29.3 Å². The fourth-order valence-electron chi connectivity index (χ4n) is 1.25. The molecule has 0 fully saturated rings. The maximum absolute atomic E-state index is 9.42. The fourth-order valence-corrected chi connectivity index (χ4v) is 1.25. The van der Waals surface area contributed by atoms with Gasteiger partial charge in [-0.05, 0) is 25.0 Å². The Balaban J connectivity index is 2.46. The lowest BCUT2D eigenvalue weighted by molar-refractivity contribution is 0.183. The molecular weight excluding hydrogens is 202 g/mol. The SMILES string of the molecule is CCCNc1cccc(NCC(O)CC)n1. The van der Waals surface area contributed by atoms with Crippen molar-refractivity contribution in [3.8, 4) is 0 Å². The van der Waals surface area contributed by atoms with Crippen LogP contribution in [0.3, 0.4) is 0 Å². The van der Waals surface area contributed by atoms with Crippen LogP contribution in [0.2, 0.25) is 0 Å². The molecule has 1 rings (SSSR count). The minimum atomic E-state index is -0.311. The summed E-state index contributed by atoms with van der Waals surface area (Å²) < 4.78 is 0. The molecule has 0 amide bonds. The average Bonchev–Trinajstić information content (AvgIpc) is 2.34. The van der Waals surface area contributed by atoms with Crippen molar-refractivity contribution in [3.63, 3.8) is 0 Å². The van der Waals surface area contributed by atoms with Gasteiger partial charge in [0.05, 0.1) is 6.10 Å². The second-order valence-electron chi connectivity index (χ2n) is 3.78. The number of nitrogens with zero attached hydrogens (tertiary/aromatic N) is 1. The van der Waals surface area contributed by atoms with E-state index in [0.717, 1.165) is 31.0 Å². The van der Waals surface area contributed by atoms with Crippen LogP contribution in [0.5, 0.6) is 0 Å². The van der Waals surface area contributed by atoms with Gasteiger partial charge in [0.15, 0.2) is 0 Å². The summed E-state index contributed by atoms with van der Waals surface area (Å²) in [6.45, 7) is 5.54. The van der Waals surface area contributed by atoms with E-state index in [1.165, 1.54) is 0 Å². The van der Waals surface area contributed by atoms with Gasteiger partial charge < -0.3 is 15.7 Å². The Kier molecular flexibility index (Phi) is 5.64. The normalized spacial score (nSPS) is 12.2. The first kappa shape index (κ1) is 12.8. The summed E-state index contributed by atoms with van der Waals surface area (Å²) in [6, 6.07) is 5.79. The van der Waals surface area contributed by atoms with Gasteiger partial charge >= 0.3 is 0 Å². The van der Waals surface area contributed by atoms with Gasteiger partial charge in [-0.2, -0.15) is 0 Å². The number of nitrogens with one attached hydrogen (secondary N) is 2. The van der Waals surface area contributed by atoms with Crippen LogP contribution in [0.25, 0.3) is 0 Å².